The van der Waals surface area contributed by atoms with Crippen LogP contribution < -0.4 is 24.8 Å². The van der Waals surface area contributed by atoms with Gasteiger partial charge in [-0.15, -0.1) is 34.5 Å². The van der Waals surface area contributed by atoms with Crippen LogP contribution in [0.15, 0.2) is 54.6 Å². The Kier molecular flexibility index (Phi) is 9.66. The molecule has 0 atom stereocenters. The second-order valence-corrected chi connectivity index (χ2v) is 6.53. The summed E-state index contributed by atoms with van der Waals surface area (Å²) in [6, 6.07) is 20.3. The molecule has 3 heteroatoms. The average molecular weight is 438 g/mol. The van der Waals surface area contributed by atoms with Crippen LogP contribution in [-0.2, 0) is 26.2 Å². The Morgan fingerprint density at radius 3 is 1.96 bits per heavy atom. The van der Waals surface area contributed by atoms with Crippen molar-refractivity contribution >= 4 is 10.8 Å². The molecule has 0 amide bonds. The monoisotopic (exact) mass is 435 g/mol. The normalized spacial score (nSPS) is 10.2. The molecular weight excluding hydrogens is 414 g/mol. The summed E-state index contributed by atoms with van der Waals surface area (Å²) in [7, 11) is 0. The van der Waals surface area contributed by atoms with Crippen molar-refractivity contribution < 1.29 is 51.0 Å². The summed E-state index contributed by atoms with van der Waals surface area (Å²) in [6.45, 7) is 8.99. The van der Waals surface area contributed by atoms with Crippen LogP contribution in [0, 0.1) is 0 Å². The van der Waals surface area contributed by atoms with Crippen molar-refractivity contribution in [3.05, 3.63) is 65.7 Å². The minimum atomic E-state index is 0. The zero-order valence-corrected chi connectivity index (χ0v) is 18.6. The van der Waals surface area contributed by atoms with E-state index in [4.69, 9.17) is 0 Å². The Morgan fingerprint density at radius 1 is 0.792 bits per heavy atom. The minimum Gasteiger partial charge on any atom is -1.00 e. The molecule has 0 aromatic heterocycles. The van der Waals surface area contributed by atoms with E-state index in [9.17, 15) is 0 Å². The summed E-state index contributed by atoms with van der Waals surface area (Å²) < 4.78 is 0. The molecule has 125 valence electrons. The molecule has 0 unspecified atom stereocenters. The summed E-state index contributed by atoms with van der Waals surface area (Å²) in [5, 5.41) is 2.72. The van der Waals surface area contributed by atoms with Crippen LogP contribution in [0.25, 0.3) is 21.9 Å². The number of fused-ring (bicyclic) bond motifs is 1. The molecule has 0 N–H and O–H groups in total. The predicted octanol–water partition coefficient (Wildman–Crippen LogP) is 0.478. The fourth-order valence-electron chi connectivity index (χ4n) is 2.89. The van der Waals surface area contributed by atoms with Gasteiger partial charge in [0.05, 0.1) is 0 Å². The molecule has 0 saturated carbocycles. The molecule has 0 saturated heterocycles. The first kappa shape index (κ1) is 23.5. The SMILES string of the molecule is CC(C)c1ccc(-c2cccc3[cH-]c(C(C)C)cc23)cc1.[Cl-].[Cl-].[Zr+3]. The van der Waals surface area contributed by atoms with Gasteiger partial charge in [-0.25, -0.2) is 0 Å². The van der Waals surface area contributed by atoms with Crippen LogP contribution in [0.2, 0.25) is 0 Å². The maximum atomic E-state index is 2.35. The van der Waals surface area contributed by atoms with Crippen LogP contribution in [0.3, 0.4) is 0 Å². The molecule has 0 heterocycles. The number of rotatable bonds is 3. The second kappa shape index (κ2) is 9.86. The number of benzene rings is 2. The third kappa shape index (κ3) is 4.78. The van der Waals surface area contributed by atoms with E-state index in [-0.39, 0.29) is 51.0 Å². The first-order valence-electron chi connectivity index (χ1n) is 7.86. The van der Waals surface area contributed by atoms with E-state index < -0.39 is 0 Å². The largest absolute Gasteiger partial charge is 3.00 e. The number of hydrogen-bond acceptors (Lipinski definition) is 0. The van der Waals surface area contributed by atoms with E-state index in [0.717, 1.165) is 0 Å². The van der Waals surface area contributed by atoms with Crippen LogP contribution in [0.1, 0.15) is 50.7 Å². The van der Waals surface area contributed by atoms with E-state index in [1.165, 1.54) is 33.0 Å². The molecule has 3 aromatic carbocycles. The molecule has 0 aliphatic carbocycles. The van der Waals surface area contributed by atoms with Gasteiger partial charge in [0.2, 0.25) is 0 Å². The third-order valence-corrected chi connectivity index (χ3v) is 4.33. The number of halogens is 2. The van der Waals surface area contributed by atoms with E-state index in [1.54, 1.807) is 0 Å². The van der Waals surface area contributed by atoms with E-state index >= 15 is 0 Å². The zero-order valence-electron chi connectivity index (χ0n) is 14.6. The zero-order chi connectivity index (χ0) is 15.0. The smallest absolute Gasteiger partial charge is 1.00 e. The first-order chi connectivity index (χ1) is 10.1. The summed E-state index contributed by atoms with van der Waals surface area (Å²) in [5.74, 6) is 1.16. The van der Waals surface area contributed by atoms with Crippen LogP contribution in [-0.4, -0.2) is 0 Å². The van der Waals surface area contributed by atoms with Gasteiger partial charge in [0.15, 0.2) is 0 Å². The molecule has 0 spiro atoms. The molecule has 0 bridgehead atoms. The Morgan fingerprint density at radius 2 is 1.42 bits per heavy atom. The fourth-order valence-corrected chi connectivity index (χ4v) is 2.89. The van der Waals surface area contributed by atoms with Gasteiger partial charge in [0.1, 0.15) is 0 Å². The Labute approximate surface area is 177 Å². The Balaban J connectivity index is 0.00000176. The molecule has 1 radical (unpaired) electrons. The third-order valence-electron chi connectivity index (χ3n) is 4.33. The van der Waals surface area contributed by atoms with E-state index in [0.29, 0.717) is 11.8 Å². The molecule has 0 aliphatic heterocycles. The average Bonchev–Trinajstić information content (AvgIpc) is 2.91. The van der Waals surface area contributed by atoms with Gasteiger partial charge in [-0.2, -0.15) is 6.07 Å². The van der Waals surface area contributed by atoms with Gasteiger partial charge in [-0.1, -0.05) is 63.6 Å². The second-order valence-electron chi connectivity index (χ2n) is 6.53. The molecular formula is C21H23Cl2Zr. The summed E-state index contributed by atoms with van der Waals surface area (Å²) in [6.07, 6.45) is 0. The van der Waals surface area contributed by atoms with Gasteiger partial charge >= 0.3 is 26.2 Å². The Hall–Kier alpha value is -0.487. The van der Waals surface area contributed by atoms with E-state index in [2.05, 4.69) is 82.3 Å². The van der Waals surface area contributed by atoms with Gasteiger partial charge in [0, 0.05) is 0 Å². The van der Waals surface area contributed by atoms with Crippen molar-refractivity contribution in [2.75, 3.05) is 0 Å². The standard InChI is InChI=1S/C21H23.2ClH.Zr/c1-14(2)16-8-10-17(11-9-16)20-7-5-6-18-12-19(15(3)4)13-21(18)20;;;/h5-15H,1-4H3;2*1H;/q-1;;;+3/p-2. The fraction of sp³-hybridized carbons (Fsp3) is 0.286. The minimum absolute atomic E-state index is 0. The van der Waals surface area contributed by atoms with Gasteiger partial charge < -0.3 is 24.8 Å². The maximum absolute atomic E-state index is 2.35. The summed E-state index contributed by atoms with van der Waals surface area (Å²) >= 11 is 0. The van der Waals surface area contributed by atoms with Gasteiger partial charge in [0.25, 0.3) is 0 Å². The van der Waals surface area contributed by atoms with Crippen LogP contribution >= 0.6 is 0 Å². The molecule has 24 heavy (non-hydrogen) atoms. The van der Waals surface area contributed by atoms with Crippen molar-refractivity contribution in [2.24, 2.45) is 0 Å². The van der Waals surface area contributed by atoms with Crippen molar-refractivity contribution in [3.63, 3.8) is 0 Å². The Bertz CT molecular complexity index is 755. The maximum Gasteiger partial charge on any atom is 3.00 e. The molecule has 0 aliphatic rings. The van der Waals surface area contributed by atoms with Crippen molar-refractivity contribution in [2.45, 2.75) is 39.5 Å². The van der Waals surface area contributed by atoms with Crippen molar-refractivity contribution in [3.8, 4) is 11.1 Å². The molecule has 0 nitrogen and oxygen atoms in total. The quantitative estimate of drug-likeness (QED) is 0.523. The predicted molar refractivity (Wildman–Crippen MR) is 93.2 cm³/mol. The van der Waals surface area contributed by atoms with Crippen molar-refractivity contribution in [1.29, 1.82) is 0 Å². The van der Waals surface area contributed by atoms with Gasteiger partial charge in [-0.05, 0) is 23.0 Å². The van der Waals surface area contributed by atoms with Crippen LogP contribution in [0.4, 0.5) is 0 Å². The summed E-state index contributed by atoms with van der Waals surface area (Å²) in [5.41, 5.74) is 5.48. The first-order valence-corrected chi connectivity index (χ1v) is 7.86. The van der Waals surface area contributed by atoms with E-state index in [1.807, 2.05) is 0 Å². The molecule has 3 aromatic rings. The number of hydrogen-bond donors (Lipinski definition) is 0. The molecule has 0 fully saturated rings. The summed E-state index contributed by atoms with van der Waals surface area (Å²) in [4.78, 5) is 0. The topological polar surface area (TPSA) is 0 Å². The molecule has 3 rings (SSSR count). The van der Waals surface area contributed by atoms with Gasteiger partial charge in [-0.3, -0.25) is 0 Å². The van der Waals surface area contributed by atoms with Crippen molar-refractivity contribution in [1.82, 2.24) is 0 Å². The van der Waals surface area contributed by atoms with Crippen LogP contribution in [0.5, 0.6) is 0 Å².